The summed E-state index contributed by atoms with van der Waals surface area (Å²) in [7, 11) is 5.16. The Morgan fingerprint density at radius 2 is 1.54 bits per heavy atom. The highest BCUT2D eigenvalue weighted by molar-refractivity contribution is 7.88. The van der Waals surface area contributed by atoms with Gasteiger partial charge in [-0.05, 0) is 116 Å². The van der Waals surface area contributed by atoms with Crippen LogP contribution < -0.4 is 4.72 Å². The summed E-state index contributed by atoms with van der Waals surface area (Å²) in [5.74, 6) is -3.89. The number of amides is 1. The lowest BCUT2D eigenvalue weighted by molar-refractivity contribution is -0.339. The van der Waals surface area contributed by atoms with Crippen LogP contribution in [0.15, 0.2) is 5.18 Å². The van der Waals surface area contributed by atoms with Gasteiger partial charge in [-0.25, -0.2) is 17.9 Å². The second kappa shape index (κ2) is 25.7. The number of sulfonamides is 1. The molecule has 0 aliphatic carbocycles. The van der Waals surface area contributed by atoms with E-state index in [0.717, 1.165) is 12.8 Å². The van der Waals surface area contributed by atoms with Crippen LogP contribution in [0.1, 0.15) is 123 Å². The highest BCUT2D eigenvalue weighted by atomic mass is 32.2. The molecule has 0 aromatic heterocycles. The van der Waals surface area contributed by atoms with Gasteiger partial charge in [-0.15, -0.1) is 0 Å². The van der Waals surface area contributed by atoms with Crippen molar-refractivity contribution < 1.29 is 66.1 Å². The van der Waals surface area contributed by atoms with Gasteiger partial charge < -0.3 is 57.9 Å². The molecule has 0 spiro atoms. The van der Waals surface area contributed by atoms with Gasteiger partial charge in [0.25, 0.3) is 0 Å². The van der Waals surface area contributed by atoms with Crippen LogP contribution in [0.2, 0.25) is 0 Å². The molecule has 3 N–H and O–H groups in total. The maximum atomic E-state index is 15.1. The number of nitrogens with one attached hydrogen (secondary N) is 1. The van der Waals surface area contributed by atoms with Crippen LogP contribution in [0.25, 0.3) is 0 Å². The third-order valence-corrected chi connectivity index (χ3v) is 18.0. The van der Waals surface area contributed by atoms with Gasteiger partial charge in [0.05, 0.1) is 54.3 Å². The van der Waals surface area contributed by atoms with E-state index < -0.39 is 123 Å². The average Bonchev–Trinajstić information content (AvgIpc) is 3.56. The molecule has 4 fully saturated rings. The van der Waals surface area contributed by atoms with Crippen LogP contribution in [-0.2, 0) is 52.7 Å². The van der Waals surface area contributed by atoms with Crippen LogP contribution in [0.4, 0.5) is 4.79 Å². The Kier molecular flexibility index (Phi) is 22.4. The number of methoxy groups -OCH3 is 2. The number of nitrogens with zero attached hydrogens (tertiary/aromatic N) is 5. The van der Waals surface area contributed by atoms with Crippen molar-refractivity contribution in [1.29, 1.82) is 0 Å². The van der Waals surface area contributed by atoms with Gasteiger partial charge in [0.1, 0.15) is 23.4 Å². The molecule has 4 saturated heterocycles. The van der Waals surface area contributed by atoms with E-state index >= 15 is 4.79 Å². The number of likely N-dealkylation sites (N-methyl/N-ethyl adjacent to an activating group) is 2. The monoisotopic (exact) mass is 1080 g/mol. The lowest BCUT2D eigenvalue weighted by atomic mass is 9.71. The summed E-state index contributed by atoms with van der Waals surface area (Å²) in [6.45, 7) is 28.1. The van der Waals surface area contributed by atoms with Crippen molar-refractivity contribution in [3.8, 4) is 0 Å². The van der Waals surface area contributed by atoms with E-state index in [-0.39, 0.29) is 51.0 Å². The van der Waals surface area contributed by atoms with Gasteiger partial charge in [-0.1, -0.05) is 32.9 Å². The largest absolute Gasteiger partial charge is 0.458 e. The van der Waals surface area contributed by atoms with Crippen LogP contribution in [0.3, 0.4) is 0 Å². The SMILES string of the molecule is CC[C@H]1OC(=O)[C@H](C)[C@@H](O[C@H]2C[C@@](C)(OC)[C@@](O)(CN(C)CCN(C(C)C)C(C)C)[C@H](C)O2)[C@H](C)[C@@H](O[C@@H]2O[C@H](C)C[C@H](N(C)C)[C@H]2O)[C@@](C)(OC)C[C@@H](C)C(N=O)[C@H](C)[C@H]2N(CCNS(C)(=O)=O)C(=O)O[C@]12C. The Labute approximate surface area is 443 Å². The predicted octanol–water partition coefficient (Wildman–Crippen LogP) is 4.44. The molecule has 0 aromatic carbocycles. The van der Waals surface area contributed by atoms with E-state index in [0.29, 0.717) is 25.0 Å². The number of hydrogen-bond acceptors (Lipinski definition) is 19. The molecule has 4 aliphatic rings. The fourth-order valence-corrected chi connectivity index (χ4v) is 13.3. The van der Waals surface area contributed by atoms with Gasteiger partial charge in [0.2, 0.25) is 10.0 Å². The van der Waals surface area contributed by atoms with Crippen LogP contribution >= 0.6 is 0 Å². The maximum Gasteiger partial charge on any atom is 0.410 e. The number of aliphatic hydroxyl groups is 2. The number of esters is 1. The number of nitroso groups, excluding NO2 is 1. The number of cyclic esters (lactones) is 1. The fraction of sp³-hybridized carbons (Fsp3) is 0.962. The maximum absolute atomic E-state index is 15.1. The second-order valence-electron chi connectivity index (χ2n) is 23.7. The van der Waals surface area contributed by atoms with E-state index in [1.165, 1.54) is 12.0 Å². The van der Waals surface area contributed by atoms with Crippen molar-refractivity contribution in [1.82, 2.24) is 24.3 Å². The first kappa shape index (κ1) is 64.3. The van der Waals surface area contributed by atoms with E-state index in [4.69, 9.17) is 37.9 Å². The summed E-state index contributed by atoms with van der Waals surface area (Å²) in [6.07, 6.45) is -6.56. The second-order valence-corrected chi connectivity index (χ2v) is 25.5. The molecule has 1 amide bonds. The number of ether oxygens (including phenoxy) is 8. The minimum Gasteiger partial charge on any atom is -0.458 e. The van der Waals surface area contributed by atoms with Crippen molar-refractivity contribution >= 4 is 22.1 Å². The van der Waals surface area contributed by atoms with E-state index in [1.807, 2.05) is 60.7 Å². The molecule has 0 radical (unpaired) electrons. The van der Waals surface area contributed by atoms with E-state index in [2.05, 4.69) is 47.4 Å². The van der Waals surface area contributed by atoms with Crippen molar-refractivity contribution in [2.45, 2.75) is 224 Å². The molecule has 4 rings (SSSR count). The average molecular weight is 1080 g/mol. The standard InChI is InChI=1S/C52H98N6O15S/c1-21-39-51(14)44(58(48(61)73-51)23-22-53-74(20,64)65)34(8)41(54-63)32(6)27-49(12,66-18)45(72-47-42(59)38(55(15)16)26-33(7)68-47)35(9)43(36(10)46(60)70-39)71-40-28-50(13,67-19)52(62,37(11)69-40)29-56(17)24-25-57(30(2)3)31(4)5/h30-45,47,53,59,62H,21-29H2,1-20H3/t32-,33-,34+,35+,36-,37+,38+,39-,40+,41?,42-,43+,44-,45-,47+,49+,50-,51-,52-/m1/s1. The molecule has 0 aromatic rings. The van der Waals surface area contributed by atoms with E-state index in [1.54, 1.807) is 41.7 Å². The molecule has 432 valence electrons. The molecule has 22 heteroatoms. The number of hydrogen-bond donors (Lipinski definition) is 3. The Morgan fingerprint density at radius 3 is 2.07 bits per heavy atom. The molecule has 4 heterocycles. The van der Waals surface area contributed by atoms with Crippen LogP contribution in [-0.4, -0.2) is 226 Å². The molecule has 19 atom stereocenters. The van der Waals surface area contributed by atoms with Gasteiger partial charge >= 0.3 is 12.1 Å². The summed E-state index contributed by atoms with van der Waals surface area (Å²) in [6, 6.07) is -1.62. The van der Waals surface area contributed by atoms with Gasteiger partial charge in [0.15, 0.2) is 18.2 Å². The predicted molar refractivity (Wildman–Crippen MR) is 281 cm³/mol. The quantitative estimate of drug-likeness (QED) is 0.113. The normalized spacial score (nSPS) is 41.2. The number of carbonyl (C=O) groups is 2. The molecular formula is C52H98N6O15S. The number of fused-ring (bicyclic) bond motifs is 1. The van der Waals surface area contributed by atoms with Crippen molar-refractivity contribution in [2.24, 2.45) is 28.8 Å². The van der Waals surface area contributed by atoms with E-state index in [9.17, 15) is 28.3 Å². The Balaban J connectivity index is 1.89. The number of aliphatic hydroxyl groups excluding tert-OH is 1. The minimum absolute atomic E-state index is 0.0474. The topological polar surface area (TPSA) is 237 Å². The molecule has 21 nitrogen and oxygen atoms in total. The Hall–Kier alpha value is -2.19. The van der Waals surface area contributed by atoms with Gasteiger partial charge in [-0.3, -0.25) is 14.6 Å². The Morgan fingerprint density at radius 1 is 0.919 bits per heavy atom. The van der Waals surface area contributed by atoms with Crippen LogP contribution in [0, 0.1) is 28.6 Å². The summed E-state index contributed by atoms with van der Waals surface area (Å²) in [5.41, 5.74) is -5.61. The zero-order valence-electron chi connectivity index (χ0n) is 48.5. The van der Waals surface area contributed by atoms with Crippen molar-refractivity contribution in [3.63, 3.8) is 0 Å². The zero-order valence-corrected chi connectivity index (χ0v) is 49.3. The van der Waals surface area contributed by atoms with Gasteiger partial charge in [0, 0.05) is 83.3 Å². The van der Waals surface area contributed by atoms with Gasteiger partial charge in [-0.2, -0.15) is 4.91 Å². The lowest BCUT2D eigenvalue weighted by Crippen LogP contribution is -2.70. The highest BCUT2D eigenvalue weighted by Crippen LogP contribution is 2.47. The third kappa shape index (κ3) is 14.2. The lowest BCUT2D eigenvalue weighted by Gasteiger charge is -2.54. The van der Waals surface area contributed by atoms with Crippen molar-refractivity contribution in [2.75, 3.05) is 74.3 Å². The first-order valence-corrected chi connectivity index (χ1v) is 28.8. The highest BCUT2D eigenvalue weighted by Gasteiger charge is 2.62. The molecule has 74 heavy (non-hydrogen) atoms. The molecule has 0 saturated carbocycles. The molecule has 4 aliphatic heterocycles. The Bertz CT molecular complexity index is 1950. The summed E-state index contributed by atoms with van der Waals surface area (Å²) < 4.78 is 79.6. The third-order valence-electron chi connectivity index (χ3n) is 17.2. The number of rotatable bonds is 20. The summed E-state index contributed by atoms with van der Waals surface area (Å²) >= 11 is 0. The first-order valence-electron chi connectivity index (χ1n) is 26.9. The molecule has 0 bridgehead atoms. The molecular weight excluding hydrogens is 981 g/mol. The number of carbonyl (C=O) groups excluding carboxylic acids is 2. The van der Waals surface area contributed by atoms with Crippen molar-refractivity contribution in [3.05, 3.63) is 4.91 Å². The molecule has 1 unspecified atom stereocenters. The fourth-order valence-electron chi connectivity index (χ4n) is 12.8. The zero-order chi connectivity index (χ0) is 56.2. The first-order chi connectivity index (χ1) is 34.2. The van der Waals surface area contributed by atoms with Crippen LogP contribution in [0.5, 0.6) is 0 Å². The summed E-state index contributed by atoms with van der Waals surface area (Å²) in [4.78, 5) is 50.3. The summed E-state index contributed by atoms with van der Waals surface area (Å²) in [5, 5.41) is 28.4. The minimum atomic E-state index is -3.65. The smallest absolute Gasteiger partial charge is 0.410 e.